The highest BCUT2D eigenvalue weighted by atomic mass is 35.5. The zero-order valence-electron chi connectivity index (χ0n) is 12.6. The summed E-state index contributed by atoms with van der Waals surface area (Å²) >= 11 is 5.83. The third kappa shape index (κ3) is 6.60. The van der Waals surface area contributed by atoms with Gasteiger partial charge in [0.1, 0.15) is 0 Å². The Labute approximate surface area is 130 Å². The average Bonchev–Trinajstić information content (AvgIpc) is 2.45. The number of hydrogen-bond donors (Lipinski definition) is 3. The van der Waals surface area contributed by atoms with E-state index < -0.39 is 6.03 Å². The molecule has 5 nitrogen and oxygen atoms in total. The summed E-state index contributed by atoms with van der Waals surface area (Å²) in [6.45, 7) is 5.85. The lowest BCUT2D eigenvalue weighted by atomic mass is 10.1. The molecule has 3 amide bonds. The number of amides is 3. The molecule has 0 unspecified atom stereocenters. The topological polar surface area (TPSA) is 70.2 Å². The lowest BCUT2D eigenvalue weighted by Gasteiger charge is -2.15. The Hall–Kier alpha value is -1.59. The summed E-state index contributed by atoms with van der Waals surface area (Å²) in [6.07, 6.45) is 0.813. The van der Waals surface area contributed by atoms with Gasteiger partial charge in [-0.25, -0.2) is 4.79 Å². The van der Waals surface area contributed by atoms with Gasteiger partial charge in [-0.05, 0) is 38.0 Å². The van der Waals surface area contributed by atoms with Gasteiger partial charge in [0, 0.05) is 17.1 Å². The molecule has 2 atom stereocenters. The van der Waals surface area contributed by atoms with E-state index in [-0.39, 0.29) is 24.5 Å². The van der Waals surface area contributed by atoms with E-state index in [2.05, 4.69) is 16.0 Å². The second-order valence-corrected chi connectivity index (χ2v) is 5.42. The van der Waals surface area contributed by atoms with E-state index in [4.69, 9.17) is 11.6 Å². The van der Waals surface area contributed by atoms with Gasteiger partial charge in [0.05, 0.1) is 6.54 Å². The van der Waals surface area contributed by atoms with E-state index >= 15 is 0 Å². The lowest BCUT2D eigenvalue weighted by molar-refractivity contribution is -0.119. The van der Waals surface area contributed by atoms with Crippen LogP contribution in [0.25, 0.3) is 0 Å². The first kappa shape index (κ1) is 17.5. The van der Waals surface area contributed by atoms with Gasteiger partial charge in [-0.2, -0.15) is 0 Å². The van der Waals surface area contributed by atoms with E-state index in [1.807, 2.05) is 32.9 Å². The van der Waals surface area contributed by atoms with Crippen molar-refractivity contribution >= 4 is 23.5 Å². The molecule has 1 aromatic carbocycles. The third-order valence-electron chi connectivity index (χ3n) is 3.18. The first-order chi connectivity index (χ1) is 9.92. The number of hydrogen-bond acceptors (Lipinski definition) is 3. The Morgan fingerprint density at radius 3 is 2.38 bits per heavy atom. The highest BCUT2D eigenvalue weighted by Gasteiger charge is 2.11. The Morgan fingerprint density at radius 1 is 1.19 bits per heavy atom. The van der Waals surface area contributed by atoms with E-state index in [9.17, 15) is 9.59 Å². The number of benzene rings is 1. The van der Waals surface area contributed by atoms with Crippen LogP contribution in [0.4, 0.5) is 4.79 Å². The third-order valence-corrected chi connectivity index (χ3v) is 3.43. The van der Waals surface area contributed by atoms with Gasteiger partial charge in [-0.1, -0.05) is 30.7 Å². The summed E-state index contributed by atoms with van der Waals surface area (Å²) in [6, 6.07) is 6.96. The summed E-state index contributed by atoms with van der Waals surface area (Å²) in [7, 11) is 0. The Balaban J connectivity index is 2.35. The Kier molecular flexibility index (Phi) is 7.19. The minimum Gasteiger partial charge on any atom is -0.335 e. The number of urea groups is 1. The molecule has 0 saturated carbocycles. The van der Waals surface area contributed by atoms with Crippen LogP contribution in [-0.2, 0) is 4.79 Å². The normalized spacial score (nSPS) is 13.3. The van der Waals surface area contributed by atoms with Gasteiger partial charge in [-0.15, -0.1) is 0 Å². The first-order valence-corrected chi connectivity index (χ1v) is 7.39. The quantitative estimate of drug-likeness (QED) is 0.756. The Morgan fingerprint density at radius 2 is 1.81 bits per heavy atom. The van der Waals surface area contributed by atoms with E-state index in [1.165, 1.54) is 0 Å². The maximum atomic E-state index is 11.7. The predicted molar refractivity (Wildman–Crippen MR) is 84.3 cm³/mol. The summed E-state index contributed by atoms with van der Waals surface area (Å²) in [4.78, 5) is 23.1. The monoisotopic (exact) mass is 311 g/mol. The van der Waals surface area contributed by atoms with Gasteiger partial charge in [0.2, 0.25) is 5.91 Å². The fourth-order valence-corrected chi connectivity index (χ4v) is 1.77. The van der Waals surface area contributed by atoms with Crippen molar-refractivity contribution < 1.29 is 9.59 Å². The number of carbonyl (C=O) groups excluding carboxylic acids is 2. The van der Waals surface area contributed by atoms with Crippen molar-refractivity contribution in [3.63, 3.8) is 0 Å². The largest absolute Gasteiger partial charge is 0.335 e. The van der Waals surface area contributed by atoms with E-state index in [1.54, 1.807) is 12.1 Å². The van der Waals surface area contributed by atoms with Crippen LogP contribution in [0.1, 0.15) is 38.8 Å². The molecule has 0 bridgehead atoms. The summed E-state index contributed by atoms with van der Waals surface area (Å²) < 4.78 is 0. The Bertz CT molecular complexity index is 476. The lowest BCUT2D eigenvalue weighted by Crippen LogP contribution is -2.46. The van der Waals surface area contributed by atoms with Crippen molar-refractivity contribution in [2.45, 2.75) is 39.3 Å². The van der Waals surface area contributed by atoms with Gasteiger partial charge in [0.15, 0.2) is 0 Å². The van der Waals surface area contributed by atoms with E-state index in [0.717, 1.165) is 12.0 Å². The molecule has 6 heteroatoms. The molecule has 0 aromatic heterocycles. The number of imide groups is 1. The SMILES string of the molecule is CC[C@@H](C)NC(=O)NC(=O)CN[C@@H](C)c1ccc(Cl)cc1. The number of nitrogens with one attached hydrogen (secondary N) is 3. The van der Waals surface area contributed by atoms with Crippen LogP contribution < -0.4 is 16.0 Å². The standard InChI is InChI=1S/C15H22ClN3O2/c1-4-10(2)18-15(21)19-14(20)9-17-11(3)12-5-7-13(16)8-6-12/h5-8,10-11,17H,4,9H2,1-3H3,(H2,18,19,20,21)/t10-,11+/m1/s1. The molecule has 0 saturated heterocycles. The van der Waals surface area contributed by atoms with Gasteiger partial charge in [-0.3, -0.25) is 10.1 Å². The minimum absolute atomic E-state index is 0.00866. The maximum absolute atomic E-state index is 11.7. The van der Waals surface area contributed by atoms with Crippen molar-refractivity contribution in [3.05, 3.63) is 34.9 Å². The molecule has 1 aromatic rings. The number of halogens is 1. The zero-order chi connectivity index (χ0) is 15.8. The fraction of sp³-hybridized carbons (Fsp3) is 0.467. The summed E-state index contributed by atoms with van der Waals surface area (Å²) in [5, 5.41) is 8.69. The van der Waals surface area contributed by atoms with Crippen molar-refractivity contribution in [2.24, 2.45) is 0 Å². The van der Waals surface area contributed by atoms with Crippen LogP contribution in [-0.4, -0.2) is 24.5 Å². The van der Waals surface area contributed by atoms with Crippen LogP contribution in [0, 0.1) is 0 Å². The highest BCUT2D eigenvalue weighted by Crippen LogP contribution is 2.15. The molecule has 0 heterocycles. The zero-order valence-corrected chi connectivity index (χ0v) is 13.3. The molecule has 0 aliphatic heterocycles. The average molecular weight is 312 g/mol. The van der Waals surface area contributed by atoms with Crippen LogP contribution in [0.5, 0.6) is 0 Å². The molecule has 3 N–H and O–H groups in total. The second-order valence-electron chi connectivity index (χ2n) is 4.99. The highest BCUT2D eigenvalue weighted by molar-refractivity contribution is 6.30. The molecular weight excluding hydrogens is 290 g/mol. The van der Waals surface area contributed by atoms with Crippen LogP contribution in [0.3, 0.4) is 0 Å². The van der Waals surface area contributed by atoms with Crippen LogP contribution in [0.15, 0.2) is 24.3 Å². The van der Waals surface area contributed by atoms with Crippen molar-refractivity contribution in [1.82, 2.24) is 16.0 Å². The number of rotatable bonds is 6. The van der Waals surface area contributed by atoms with Gasteiger partial charge >= 0.3 is 6.03 Å². The molecule has 0 fully saturated rings. The molecule has 21 heavy (non-hydrogen) atoms. The van der Waals surface area contributed by atoms with Gasteiger partial charge < -0.3 is 10.6 Å². The maximum Gasteiger partial charge on any atom is 0.321 e. The first-order valence-electron chi connectivity index (χ1n) is 7.01. The predicted octanol–water partition coefficient (Wildman–Crippen LogP) is 2.61. The molecule has 0 aliphatic rings. The molecule has 0 aliphatic carbocycles. The van der Waals surface area contributed by atoms with Crippen LogP contribution >= 0.6 is 11.6 Å². The molecule has 0 spiro atoms. The van der Waals surface area contributed by atoms with Crippen molar-refractivity contribution in [2.75, 3.05) is 6.54 Å². The van der Waals surface area contributed by atoms with Crippen molar-refractivity contribution in [3.8, 4) is 0 Å². The molecule has 1 rings (SSSR count). The van der Waals surface area contributed by atoms with E-state index in [0.29, 0.717) is 5.02 Å². The van der Waals surface area contributed by atoms with Crippen molar-refractivity contribution in [1.29, 1.82) is 0 Å². The minimum atomic E-state index is -0.463. The molecular formula is C15H22ClN3O2. The molecule has 0 radical (unpaired) electrons. The smallest absolute Gasteiger partial charge is 0.321 e. The number of carbonyl (C=O) groups is 2. The van der Waals surface area contributed by atoms with Crippen LogP contribution in [0.2, 0.25) is 5.02 Å². The fourth-order valence-electron chi connectivity index (χ4n) is 1.65. The van der Waals surface area contributed by atoms with Gasteiger partial charge in [0.25, 0.3) is 0 Å². The summed E-state index contributed by atoms with van der Waals surface area (Å²) in [5.74, 6) is -0.364. The molecule has 116 valence electrons. The second kappa shape index (κ2) is 8.64. The summed E-state index contributed by atoms with van der Waals surface area (Å²) in [5.41, 5.74) is 1.02.